The number of anilines is 1. The highest BCUT2D eigenvalue weighted by Crippen LogP contribution is 2.24. The maximum atomic E-state index is 12.1. The van der Waals surface area contributed by atoms with E-state index >= 15 is 0 Å². The van der Waals surface area contributed by atoms with Crippen molar-refractivity contribution in [1.82, 2.24) is 10.6 Å². The van der Waals surface area contributed by atoms with Crippen molar-refractivity contribution < 1.29 is 13.2 Å². The standard InChI is InChI=1S/C14H19N3O3S.ClH/c18-14(16-10-11-8-15-9-11)12-3-1-4-13(7-12)17-5-2-6-21(17,19)20;/h1,3-4,7,11,15H,2,5-6,8-10H2,(H,16,18);1H. The number of rotatable bonds is 4. The van der Waals surface area contributed by atoms with Gasteiger partial charge < -0.3 is 10.6 Å². The molecule has 0 aromatic heterocycles. The molecule has 122 valence electrons. The largest absolute Gasteiger partial charge is 0.352 e. The summed E-state index contributed by atoms with van der Waals surface area (Å²) < 4.78 is 25.2. The second-order valence-corrected chi connectivity index (χ2v) is 7.54. The first kappa shape index (κ1) is 17.1. The summed E-state index contributed by atoms with van der Waals surface area (Å²) in [7, 11) is -3.21. The smallest absolute Gasteiger partial charge is 0.251 e. The van der Waals surface area contributed by atoms with E-state index in [0.29, 0.717) is 36.7 Å². The minimum absolute atomic E-state index is 0. The fraction of sp³-hybridized carbons (Fsp3) is 0.500. The maximum absolute atomic E-state index is 12.1. The first-order valence-electron chi connectivity index (χ1n) is 7.16. The van der Waals surface area contributed by atoms with Crippen LogP contribution >= 0.6 is 12.4 Å². The second kappa shape index (κ2) is 6.85. The van der Waals surface area contributed by atoms with Crippen molar-refractivity contribution in [1.29, 1.82) is 0 Å². The number of hydrogen-bond donors (Lipinski definition) is 2. The van der Waals surface area contributed by atoms with Crippen molar-refractivity contribution in [3.63, 3.8) is 0 Å². The zero-order valence-corrected chi connectivity index (χ0v) is 13.8. The van der Waals surface area contributed by atoms with Crippen molar-refractivity contribution in [3.8, 4) is 0 Å². The van der Waals surface area contributed by atoms with E-state index in [9.17, 15) is 13.2 Å². The number of hydrogen-bond acceptors (Lipinski definition) is 4. The summed E-state index contributed by atoms with van der Waals surface area (Å²) in [6, 6.07) is 6.82. The Bertz CT molecular complexity index is 646. The van der Waals surface area contributed by atoms with Crippen LogP contribution in [0.25, 0.3) is 0 Å². The van der Waals surface area contributed by atoms with Crippen LogP contribution in [0, 0.1) is 5.92 Å². The van der Waals surface area contributed by atoms with E-state index in [1.54, 1.807) is 24.3 Å². The first-order chi connectivity index (χ1) is 10.1. The molecule has 3 rings (SSSR count). The molecular weight excluding hydrogens is 326 g/mol. The molecule has 2 saturated heterocycles. The third-order valence-corrected chi connectivity index (χ3v) is 5.78. The van der Waals surface area contributed by atoms with Crippen LogP contribution in [0.15, 0.2) is 24.3 Å². The van der Waals surface area contributed by atoms with Crippen LogP contribution in [0.1, 0.15) is 16.8 Å². The van der Waals surface area contributed by atoms with Crippen LogP contribution in [0.2, 0.25) is 0 Å². The van der Waals surface area contributed by atoms with Crippen LogP contribution < -0.4 is 14.9 Å². The molecule has 22 heavy (non-hydrogen) atoms. The third kappa shape index (κ3) is 3.53. The van der Waals surface area contributed by atoms with E-state index in [1.165, 1.54) is 4.31 Å². The molecule has 1 amide bonds. The summed E-state index contributed by atoms with van der Waals surface area (Å²) in [6.45, 7) is 3.01. The normalized spacial score (nSPS) is 20.1. The van der Waals surface area contributed by atoms with Gasteiger partial charge in [0.05, 0.1) is 11.4 Å². The van der Waals surface area contributed by atoms with Crippen molar-refractivity contribution in [2.45, 2.75) is 6.42 Å². The van der Waals surface area contributed by atoms with Gasteiger partial charge in [0.2, 0.25) is 10.0 Å². The van der Waals surface area contributed by atoms with Gasteiger partial charge in [-0.2, -0.15) is 0 Å². The first-order valence-corrected chi connectivity index (χ1v) is 8.76. The van der Waals surface area contributed by atoms with E-state index in [4.69, 9.17) is 0 Å². The molecule has 2 aliphatic rings. The minimum Gasteiger partial charge on any atom is -0.352 e. The molecule has 2 N–H and O–H groups in total. The Morgan fingerprint density at radius 1 is 1.36 bits per heavy atom. The number of amides is 1. The summed E-state index contributed by atoms with van der Waals surface area (Å²) in [5.41, 5.74) is 1.08. The van der Waals surface area contributed by atoms with Gasteiger partial charge in [0, 0.05) is 37.7 Å². The number of benzene rings is 1. The summed E-state index contributed by atoms with van der Waals surface area (Å²) in [5, 5.41) is 6.05. The maximum Gasteiger partial charge on any atom is 0.251 e. The lowest BCUT2D eigenvalue weighted by Crippen LogP contribution is -2.48. The lowest BCUT2D eigenvalue weighted by atomic mass is 10.0. The molecule has 2 heterocycles. The summed E-state index contributed by atoms with van der Waals surface area (Å²) in [6.07, 6.45) is 0.632. The lowest BCUT2D eigenvalue weighted by molar-refractivity contribution is 0.0942. The number of halogens is 1. The molecule has 0 atom stereocenters. The molecule has 0 bridgehead atoms. The fourth-order valence-electron chi connectivity index (χ4n) is 2.56. The van der Waals surface area contributed by atoms with E-state index in [2.05, 4.69) is 10.6 Å². The highest BCUT2D eigenvalue weighted by molar-refractivity contribution is 7.93. The predicted molar refractivity (Wildman–Crippen MR) is 88.1 cm³/mol. The van der Waals surface area contributed by atoms with Crippen LogP contribution in [-0.2, 0) is 10.0 Å². The van der Waals surface area contributed by atoms with E-state index < -0.39 is 10.0 Å². The average Bonchev–Trinajstić information content (AvgIpc) is 2.76. The van der Waals surface area contributed by atoms with E-state index in [1.807, 2.05) is 0 Å². The Morgan fingerprint density at radius 3 is 2.73 bits per heavy atom. The van der Waals surface area contributed by atoms with Crippen LogP contribution in [-0.4, -0.2) is 46.3 Å². The molecular formula is C14H20ClN3O3S. The molecule has 6 nitrogen and oxygen atoms in total. The molecule has 1 aromatic carbocycles. The monoisotopic (exact) mass is 345 g/mol. The van der Waals surface area contributed by atoms with Gasteiger partial charge in [0.25, 0.3) is 5.91 Å². The van der Waals surface area contributed by atoms with Gasteiger partial charge in [-0.3, -0.25) is 9.10 Å². The Morgan fingerprint density at radius 2 is 2.14 bits per heavy atom. The summed E-state index contributed by atoms with van der Waals surface area (Å²) in [5.74, 6) is 0.523. The molecule has 0 unspecified atom stereocenters. The third-order valence-electron chi connectivity index (χ3n) is 3.91. The number of sulfonamides is 1. The molecule has 0 radical (unpaired) electrons. The summed E-state index contributed by atoms with van der Waals surface area (Å²) >= 11 is 0. The van der Waals surface area contributed by atoms with Crippen LogP contribution in [0.4, 0.5) is 5.69 Å². The molecule has 0 spiro atoms. The van der Waals surface area contributed by atoms with Crippen molar-refractivity contribution in [2.24, 2.45) is 5.92 Å². The number of nitrogens with zero attached hydrogens (tertiary/aromatic N) is 1. The zero-order valence-electron chi connectivity index (χ0n) is 12.1. The van der Waals surface area contributed by atoms with Gasteiger partial charge in [-0.15, -0.1) is 12.4 Å². The van der Waals surface area contributed by atoms with Crippen LogP contribution in [0.3, 0.4) is 0 Å². The SMILES string of the molecule is Cl.O=C(NCC1CNC1)c1cccc(N2CCCS2(=O)=O)c1. The van der Waals surface area contributed by atoms with E-state index in [-0.39, 0.29) is 24.1 Å². The number of nitrogens with one attached hydrogen (secondary N) is 2. The van der Waals surface area contributed by atoms with E-state index in [0.717, 1.165) is 13.1 Å². The van der Waals surface area contributed by atoms with Gasteiger partial charge in [-0.1, -0.05) is 6.07 Å². The fourth-order valence-corrected chi connectivity index (χ4v) is 4.12. The Kier molecular flexibility index (Phi) is 5.31. The van der Waals surface area contributed by atoms with Gasteiger partial charge in [-0.25, -0.2) is 8.42 Å². The predicted octanol–water partition coefficient (Wildman–Crippen LogP) is 0.597. The molecule has 2 aliphatic heterocycles. The highest BCUT2D eigenvalue weighted by atomic mass is 35.5. The Balaban J connectivity index is 0.00000176. The van der Waals surface area contributed by atoms with Crippen LogP contribution in [0.5, 0.6) is 0 Å². The van der Waals surface area contributed by atoms with Gasteiger partial charge in [0.15, 0.2) is 0 Å². The van der Waals surface area contributed by atoms with Crippen molar-refractivity contribution in [2.75, 3.05) is 36.2 Å². The minimum atomic E-state index is -3.21. The van der Waals surface area contributed by atoms with Crippen molar-refractivity contribution in [3.05, 3.63) is 29.8 Å². The molecule has 0 aliphatic carbocycles. The zero-order chi connectivity index (χ0) is 14.9. The quantitative estimate of drug-likeness (QED) is 0.837. The van der Waals surface area contributed by atoms with Gasteiger partial charge in [-0.05, 0) is 24.6 Å². The molecule has 1 aromatic rings. The topological polar surface area (TPSA) is 78.5 Å². The second-order valence-electron chi connectivity index (χ2n) is 5.53. The lowest BCUT2D eigenvalue weighted by Gasteiger charge is -2.27. The molecule has 8 heteroatoms. The highest BCUT2D eigenvalue weighted by Gasteiger charge is 2.28. The Labute approximate surface area is 136 Å². The number of carbonyl (C=O) groups excluding carboxylic acids is 1. The molecule has 2 fully saturated rings. The number of carbonyl (C=O) groups is 1. The van der Waals surface area contributed by atoms with Gasteiger partial charge in [0.1, 0.15) is 0 Å². The Hall–Kier alpha value is -1.31. The van der Waals surface area contributed by atoms with Gasteiger partial charge >= 0.3 is 0 Å². The summed E-state index contributed by atoms with van der Waals surface area (Å²) in [4.78, 5) is 12.1. The van der Waals surface area contributed by atoms with Crippen molar-refractivity contribution >= 4 is 34.0 Å². The average molecular weight is 346 g/mol. The molecule has 0 saturated carbocycles.